The molecule has 0 atom stereocenters. The summed E-state index contributed by atoms with van der Waals surface area (Å²) < 4.78 is 30.4. The van der Waals surface area contributed by atoms with E-state index in [-0.39, 0.29) is 24.0 Å². The number of hydrogen-bond donors (Lipinski definition) is 0. The standard InChI is InChI=1S/C12H11F2N2S2.HI/c1-15-5-7-6-18-12(17-2)16(7)9-4-3-8(13)10(14)11(9)15;/h3-4,6H,5H2,1-2H3;1H/q+1;/p-1. The zero-order chi connectivity index (χ0) is 12.9. The van der Waals surface area contributed by atoms with Crippen LogP contribution in [0.1, 0.15) is 5.69 Å². The van der Waals surface area contributed by atoms with Crippen LogP contribution in [0.15, 0.2) is 21.9 Å². The lowest BCUT2D eigenvalue weighted by atomic mass is 10.1. The first kappa shape index (κ1) is 15.0. The highest BCUT2D eigenvalue weighted by molar-refractivity contribution is 8.00. The predicted molar refractivity (Wildman–Crippen MR) is 69.7 cm³/mol. The molecule has 2 heterocycles. The summed E-state index contributed by atoms with van der Waals surface area (Å²) in [6.45, 7) is 0.588. The van der Waals surface area contributed by atoms with Crippen LogP contribution in [0, 0.1) is 11.6 Å². The van der Waals surface area contributed by atoms with E-state index in [9.17, 15) is 8.78 Å². The lowest BCUT2D eigenvalue weighted by Crippen LogP contribution is -3.00. The normalized spacial score (nSPS) is 12.7. The second-order valence-electron chi connectivity index (χ2n) is 4.12. The molecule has 0 saturated heterocycles. The van der Waals surface area contributed by atoms with E-state index in [0.717, 1.165) is 10.0 Å². The van der Waals surface area contributed by atoms with E-state index < -0.39 is 11.6 Å². The van der Waals surface area contributed by atoms with Crippen molar-refractivity contribution in [3.05, 3.63) is 34.8 Å². The molecular weight excluding hydrogens is 401 g/mol. The van der Waals surface area contributed by atoms with Gasteiger partial charge in [0.1, 0.15) is 12.2 Å². The highest BCUT2D eigenvalue weighted by Gasteiger charge is 2.35. The van der Waals surface area contributed by atoms with Gasteiger partial charge in [0.15, 0.2) is 11.6 Å². The lowest BCUT2D eigenvalue weighted by Gasteiger charge is -2.23. The van der Waals surface area contributed by atoms with E-state index in [1.807, 2.05) is 10.8 Å². The first-order valence-electron chi connectivity index (χ1n) is 5.39. The molecule has 102 valence electrons. The molecule has 3 rings (SSSR count). The van der Waals surface area contributed by atoms with Crippen molar-refractivity contribution in [1.82, 2.24) is 0 Å². The summed E-state index contributed by atoms with van der Waals surface area (Å²) in [6, 6.07) is 2.82. The minimum Gasteiger partial charge on any atom is -1.00 e. The van der Waals surface area contributed by atoms with Crippen LogP contribution in [0.4, 0.5) is 14.5 Å². The number of halogens is 3. The van der Waals surface area contributed by atoms with E-state index in [1.54, 1.807) is 41.1 Å². The molecule has 0 amide bonds. The van der Waals surface area contributed by atoms with E-state index in [1.165, 1.54) is 6.07 Å². The van der Waals surface area contributed by atoms with Crippen LogP contribution in [0.3, 0.4) is 0 Å². The number of rotatable bonds is 1. The van der Waals surface area contributed by atoms with Gasteiger partial charge in [-0.15, -0.1) is 4.57 Å². The van der Waals surface area contributed by atoms with Crippen LogP contribution < -0.4 is 33.4 Å². The van der Waals surface area contributed by atoms with Crippen molar-refractivity contribution >= 4 is 28.8 Å². The monoisotopic (exact) mass is 412 g/mol. The van der Waals surface area contributed by atoms with E-state index in [2.05, 4.69) is 5.38 Å². The first-order chi connectivity index (χ1) is 8.63. The average molecular weight is 412 g/mol. The van der Waals surface area contributed by atoms with Gasteiger partial charge in [0.25, 0.3) is 0 Å². The van der Waals surface area contributed by atoms with Crippen LogP contribution in [-0.2, 0) is 6.54 Å². The Morgan fingerprint density at radius 3 is 2.79 bits per heavy atom. The molecule has 0 aliphatic carbocycles. The number of thioether (sulfide) groups is 1. The Balaban J connectivity index is 0.00000133. The second kappa shape index (κ2) is 5.53. The van der Waals surface area contributed by atoms with Crippen molar-refractivity contribution in [1.29, 1.82) is 0 Å². The number of thiazole rings is 1. The van der Waals surface area contributed by atoms with Gasteiger partial charge in [0, 0.05) is 13.1 Å². The Hall–Kier alpha value is -0.410. The Morgan fingerprint density at radius 1 is 1.37 bits per heavy atom. The topological polar surface area (TPSA) is 7.12 Å². The molecule has 0 spiro atoms. The molecule has 0 unspecified atom stereocenters. The summed E-state index contributed by atoms with van der Waals surface area (Å²) in [5.41, 5.74) is 2.15. The number of nitrogens with zero attached hydrogens (tertiary/aromatic N) is 2. The minimum absolute atomic E-state index is 0. The highest BCUT2D eigenvalue weighted by atomic mass is 127. The third-order valence-corrected chi connectivity index (χ3v) is 5.10. The molecule has 0 bridgehead atoms. The summed E-state index contributed by atoms with van der Waals surface area (Å²) in [5, 5.41) is 2.06. The molecule has 1 aromatic heterocycles. The number of fused-ring (bicyclic) bond motifs is 3. The fourth-order valence-corrected chi connectivity index (χ4v) is 3.90. The molecule has 0 N–H and O–H groups in total. The Bertz CT molecular complexity index is 630. The molecule has 1 aromatic carbocycles. The maximum Gasteiger partial charge on any atom is 0.303 e. The smallest absolute Gasteiger partial charge is 0.303 e. The highest BCUT2D eigenvalue weighted by Crippen LogP contribution is 2.33. The van der Waals surface area contributed by atoms with Gasteiger partial charge < -0.3 is 28.9 Å². The van der Waals surface area contributed by atoms with Crippen molar-refractivity contribution < 1.29 is 37.3 Å². The van der Waals surface area contributed by atoms with Crippen LogP contribution in [0.5, 0.6) is 0 Å². The van der Waals surface area contributed by atoms with Gasteiger partial charge >= 0.3 is 4.34 Å². The van der Waals surface area contributed by atoms with Gasteiger partial charge in [-0.3, -0.25) is 0 Å². The minimum atomic E-state index is -0.800. The lowest BCUT2D eigenvalue weighted by molar-refractivity contribution is -0.637. The summed E-state index contributed by atoms with van der Waals surface area (Å²) in [6.07, 6.45) is 1.98. The third-order valence-electron chi connectivity index (χ3n) is 3.01. The molecule has 0 fully saturated rings. The SMILES string of the molecule is CSc1scc2[n+]1-c1ccc(F)c(F)c1N(C)C2.[I-]. The summed E-state index contributed by atoms with van der Waals surface area (Å²) >= 11 is 3.24. The summed E-state index contributed by atoms with van der Waals surface area (Å²) in [5.74, 6) is -1.57. The Kier molecular flexibility index (Phi) is 4.36. The number of aromatic nitrogens is 1. The zero-order valence-electron chi connectivity index (χ0n) is 10.3. The summed E-state index contributed by atoms with van der Waals surface area (Å²) in [7, 11) is 1.78. The van der Waals surface area contributed by atoms with Gasteiger partial charge in [-0.2, -0.15) is 0 Å². The molecule has 2 nitrogen and oxygen atoms in total. The number of anilines is 1. The molecule has 0 saturated carbocycles. The molecular formula is C12H11F2IN2S2. The van der Waals surface area contributed by atoms with Gasteiger partial charge in [-0.1, -0.05) is 11.3 Å². The zero-order valence-corrected chi connectivity index (χ0v) is 14.1. The maximum atomic E-state index is 13.9. The van der Waals surface area contributed by atoms with Crippen LogP contribution in [0.2, 0.25) is 0 Å². The predicted octanol–water partition coefficient (Wildman–Crippen LogP) is -0.0213. The quantitative estimate of drug-likeness (QED) is 0.370. The fourth-order valence-electron chi connectivity index (χ4n) is 2.24. The van der Waals surface area contributed by atoms with Gasteiger partial charge in [-0.05, 0) is 24.1 Å². The van der Waals surface area contributed by atoms with Gasteiger partial charge in [0.2, 0.25) is 11.4 Å². The van der Waals surface area contributed by atoms with Crippen LogP contribution >= 0.6 is 23.1 Å². The molecule has 19 heavy (non-hydrogen) atoms. The summed E-state index contributed by atoms with van der Waals surface area (Å²) in [4.78, 5) is 1.75. The van der Waals surface area contributed by atoms with E-state index in [4.69, 9.17) is 0 Å². The van der Waals surface area contributed by atoms with Gasteiger partial charge in [0.05, 0.1) is 5.38 Å². The molecule has 7 heteroatoms. The van der Waals surface area contributed by atoms with Crippen molar-refractivity contribution in [3.63, 3.8) is 0 Å². The molecule has 0 radical (unpaired) electrons. The number of hydrogen-bond acceptors (Lipinski definition) is 3. The average Bonchev–Trinajstić information content (AvgIpc) is 2.76. The molecule has 1 aliphatic rings. The Morgan fingerprint density at radius 2 is 2.11 bits per heavy atom. The maximum absolute atomic E-state index is 13.9. The number of benzene rings is 1. The second-order valence-corrected chi connectivity index (χ2v) is 6.03. The molecule has 1 aliphatic heterocycles. The van der Waals surface area contributed by atoms with Crippen molar-refractivity contribution in [3.8, 4) is 5.69 Å². The van der Waals surface area contributed by atoms with Crippen LogP contribution in [-0.4, -0.2) is 13.3 Å². The van der Waals surface area contributed by atoms with Crippen molar-refractivity contribution in [2.45, 2.75) is 10.9 Å². The van der Waals surface area contributed by atoms with E-state index >= 15 is 0 Å². The largest absolute Gasteiger partial charge is 1.00 e. The third kappa shape index (κ3) is 2.25. The van der Waals surface area contributed by atoms with Crippen LogP contribution in [0.25, 0.3) is 5.69 Å². The fraction of sp³-hybridized carbons (Fsp3) is 0.250. The first-order valence-corrected chi connectivity index (χ1v) is 7.50. The Labute approximate surface area is 135 Å². The molecule has 2 aromatic rings. The van der Waals surface area contributed by atoms with Gasteiger partial charge in [-0.25, -0.2) is 8.78 Å². The van der Waals surface area contributed by atoms with E-state index in [0.29, 0.717) is 17.9 Å². The van der Waals surface area contributed by atoms with Crippen molar-refractivity contribution in [2.75, 3.05) is 18.2 Å². The van der Waals surface area contributed by atoms with Crippen molar-refractivity contribution in [2.24, 2.45) is 0 Å².